The number of carbonyl (C=O) groups is 2. The van der Waals surface area contributed by atoms with Gasteiger partial charge in [-0.3, -0.25) is 9.69 Å². The topological polar surface area (TPSA) is 88.8 Å². The van der Waals surface area contributed by atoms with Gasteiger partial charge in [0.1, 0.15) is 12.3 Å². The first-order valence-electron chi connectivity index (χ1n) is 10.7. The van der Waals surface area contributed by atoms with Crippen LogP contribution in [0.15, 0.2) is 28.8 Å². The molecule has 8 nitrogen and oxygen atoms in total. The van der Waals surface area contributed by atoms with Gasteiger partial charge in [-0.25, -0.2) is 4.79 Å². The summed E-state index contributed by atoms with van der Waals surface area (Å²) in [7, 11) is 0. The molecule has 3 amide bonds. The van der Waals surface area contributed by atoms with Crippen molar-refractivity contribution in [1.82, 2.24) is 19.9 Å². The monoisotopic (exact) mass is 412 g/mol. The Morgan fingerprint density at radius 2 is 1.97 bits per heavy atom. The van der Waals surface area contributed by atoms with Gasteiger partial charge < -0.3 is 14.2 Å². The van der Waals surface area contributed by atoms with Crippen LogP contribution in [0.1, 0.15) is 52.3 Å². The fraction of sp³-hybridized carbons (Fsp3) is 0.545. The number of benzene rings is 1. The van der Waals surface area contributed by atoms with Gasteiger partial charge in [0.25, 0.3) is 0 Å². The zero-order chi connectivity index (χ0) is 21.3. The summed E-state index contributed by atoms with van der Waals surface area (Å²) in [5, 5.41) is 4.11. The Balaban J connectivity index is 1.60. The zero-order valence-electron chi connectivity index (χ0n) is 17.7. The average molecular weight is 412 g/mol. The highest BCUT2D eigenvalue weighted by molar-refractivity contribution is 5.99. The second-order valence-electron chi connectivity index (χ2n) is 8.11. The van der Waals surface area contributed by atoms with Gasteiger partial charge in [0.2, 0.25) is 17.6 Å². The molecule has 0 bridgehead atoms. The maximum atomic E-state index is 13.2. The number of carbonyl (C=O) groups excluding carboxylic acids is 2. The molecular formula is C22H28N4O4. The van der Waals surface area contributed by atoms with Crippen LogP contribution in [0.5, 0.6) is 5.75 Å². The third-order valence-electron chi connectivity index (χ3n) is 5.85. The van der Waals surface area contributed by atoms with Crippen molar-refractivity contribution in [3.05, 3.63) is 30.2 Å². The van der Waals surface area contributed by atoms with Gasteiger partial charge in [0.05, 0.1) is 18.1 Å². The number of hydrogen-bond acceptors (Lipinski definition) is 6. The molecule has 2 unspecified atom stereocenters. The molecular weight excluding hydrogens is 384 g/mol. The molecule has 8 heteroatoms. The zero-order valence-corrected chi connectivity index (χ0v) is 17.7. The molecule has 2 atom stereocenters. The number of imide groups is 1. The summed E-state index contributed by atoms with van der Waals surface area (Å²) >= 11 is 0. The lowest BCUT2D eigenvalue weighted by atomic mass is 9.81. The maximum Gasteiger partial charge on any atom is 0.327 e. The van der Waals surface area contributed by atoms with E-state index in [0.717, 1.165) is 31.2 Å². The van der Waals surface area contributed by atoms with E-state index in [9.17, 15) is 9.59 Å². The smallest absolute Gasteiger partial charge is 0.327 e. The summed E-state index contributed by atoms with van der Waals surface area (Å²) in [6, 6.07) is 6.95. The van der Waals surface area contributed by atoms with Crippen molar-refractivity contribution in [2.45, 2.75) is 65.1 Å². The number of urea groups is 1. The van der Waals surface area contributed by atoms with E-state index in [0.29, 0.717) is 24.1 Å². The first kappa shape index (κ1) is 20.4. The first-order valence-corrected chi connectivity index (χ1v) is 10.7. The van der Waals surface area contributed by atoms with Crippen LogP contribution >= 0.6 is 0 Å². The third-order valence-corrected chi connectivity index (χ3v) is 5.85. The Labute approximate surface area is 176 Å². The summed E-state index contributed by atoms with van der Waals surface area (Å²) < 4.78 is 11.2. The van der Waals surface area contributed by atoms with Crippen molar-refractivity contribution in [1.29, 1.82) is 0 Å². The van der Waals surface area contributed by atoms with Crippen LogP contribution in [0.25, 0.3) is 11.4 Å². The molecule has 30 heavy (non-hydrogen) atoms. The number of hydrogen-bond donors (Lipinski definition) is 0. The van der Waals surface area contributed by atoms with Crippen LogP contribution in [0.2, 0.25) is 0 Å². The maximum absolute atomic E-state index is 13.2. The second-order valence-corrected chi connectivity index (χ2v) is 8.11. The van der Waals surface area contributed by atoms with Crippen molar-refractivity contribution in [2.24, 2.45) is 5.92 Å². The second kappa shape index (κ2) is 8.45. The highest BCUT2D eigenvalue weighted by atomic mass is 16.5. The molecule has 1 aromatic carbocycles. The normalized spacial score (nSPS) is 21.9. The van der Waals surface area contributed by atoms with E-state index in [-0.39, 0.29) is 36.5 Å². The van der Waals surface area contributed by atoms with Crippen molar-refractivity contribution in [3.63, 3.8) is 0 Å². The molecule has 1 saturated carbocycles. The lowest BCUT2D eigenvalue weighted by molar-refractivity contribution is -0.142. The first-order chi connectivity index (χ1) is 14.5. The molecule has 4 rings (SSSR count). The number of ether oxygens (including phenoxy) is 1. The largest absolute Gasteiger partial charge is 0.493 e. The summed E-state index contributed by atoms with van der Waals surface area (Å²) in [5.41, 5.74) is 0.744. The highest BCUT2D eigenvalue weighted by Gasteiger charge is 2.48. The lowest BCUT2D eigenvalue weighted by Crippen LogP contribution is -2.63. The van der Waals surface area contributed by atoms with Crippen LogP contribution in [0.3, 0.4) is 0 Å². The van der Waals surface area contributed by atoms with E-state index in [1.807, 2.05) is 45.0 Å². The molecule has 2 aliphatic rings. The quantitative estimate of drug-likeness (QED) is 0.716. The molecule has 2 aromatic rings. The Kier molecular flexibility index (Phi) is 5.74. The van der Waals surface area contributed by atoms with Crippen LogP contribution in [-0.4, -0.2) is 50.6 Å². The number of para-hydroxylation sites is 1. The van der Waals surface area contributed by atoms with E-state index < -0.39 is 0 Å². The number of aromatic nitrogens is 2. The summed E-state index contributed by atoms with van der Waals surface area (Å²) in [6.45, 7) is 6.38. The van der Waals surface area contributed by atoms with E-state index >= 15 is 0 Å². The van der Waals surface area contributed by atoms with Gasteiger partial charge in [0, 0.05) is 12.1 Å². The van der Waals surface area contributed by atoms with Gasteiger partial charge in [-0.1, -0.05) is 30.1 Å². The van der Waals surface area contributed by atoms with Gasteiger partial charge >= 0.3 is 6.03 Å². The number of amides is 3. The predicted molar refractivity (Wildman–Crippen MR) is 110 cm³/mol. The minimum absolute atomic E-state index is 0.0483. The molecule has 2 heterocycles. The average Bonchev–Trinajstić information content (AvgIpc) is 3.20. The molecule has 2 fully saturated rings. The van der Waals surface area contributed by atoms with Crippen molar-refractivity contribution < 1.29 is 18.8 Å². The number of fused-ring (bicyclic) bond motifs is 1. The molecule has 0 spiro atoms. The standard InChI is InChI=1S/C22H28N4O4/c1-4-29-18-12-8-6-10-16(18)20-23-19(30-24-20)13-25-17-11-7-5-9-15(17)21(27)26(14(2)3)22(25)28/h6,8,10,12,14-15,17H,4-5,7,9,11,13H2,1-3H3. The Morgan fingerprint density at radius 1 is 1.20 bits per heavy atom. The Hall–Kier alpha value is -2.90. The minimum atomic E-state index is -0.271. The van der Waals surface area contributed by atoms with Gasteiger partial charge in [0.15, 0.2) is 0 Å². The van der Waals surface area contributed by atoms with Gasteiger partial charge in [-0.2, -0.15) is 4.98 Å². The Bertz CT molecular complexity index is 925. The van der Waals surface area contributed by atoms with Crippen LogP contribution in [0, 0.1) is 5.92 Å². The summed E-state index contributed by atoms with van der Waals surface area (Å²) in [4.78, 5) is 33.7. The molecule has 1 aromatic heterocycles. The van der Waals surface area contributed by atoms with Crippen molar-refractivity contribution >= 4 is 11.9 Å². The SMILES string of the molecule is CCOc1ccccc1-c1noc(CN2C(=O)N(C(C)C)C(=O)C3CCCCC32)n1. The van der Waals surface area contributed by atoms with E-state index in [2.05, 4.69) is 10.1 Å². The molecule has 0 radical (unpaired) electrons. The van der Waals surface area contributed by atoms with E-state index in [1.165, 1.54) is 4.90 Å². The fourth-order valence-corrected chi connectivity index (χ4v) is 4.49. The number of rotatable bonds is 6. The summed E-state index contributed by atoms with van der Waals surface area (Å²) in [5.74, 6) is 1.26. The third kappa shape index (κ3) is 3.66. The van der Waals surface area contributed by atoms with Crippen LogP contribution in [-0.2, 0) is 11.3 Å². The molecule has 1 aliphatic heterocycles. The predicted octanol–water partition coefficient (Wildman–Crippen LogP) is 3.87. The molecule has 0 N–H and O–H groups in total. The molecule has 160 valence electrons. The van der Waals surface area contributed by atoms with E-state index in [1.54, 1.807) is 4.90 Å². The van der Waals surface area contributed by atoms with E-state index in [4.69, 9.17) is 9.26 Å². The van der Waals surface area contributed by atoms with Crippen LogP contribution < -0.4 is 4.74 Å². The summed E-state index contributed by atoms with van der Waals surface area (Å²) in [6.07, 6.45) is 3.66. The minimum Gasteiger partial charge on any atom is -0.493 e. The number of nitrogens with zero attached hydrogens (tertiary/aromatic N) is 4. The van der Waals surface area contributed by atoms with Crippen LogP contribution in [0.4, 0.5) is 4.79 Å². The fourth-order valence-electron chi connectivity index (χ4n) is 4.49. The highest BCUT2D eigenvalue weighted by Crippen LogP contribution is 2.36. The molecule has 1 aliphatic carbocycles. The van der Waals surface area contributed by atoms with Crippen molar-refractivity contribution in [2.75, 3.05) is 6.61 Å². The van der Waals surface area contributed by atoms with Crippen molar-refractivity contribution in [3.8, 4) is 17.1 Å². The van der Waals surface area contributed by atoms with Gasteiger partial charge in [-0.15, -0.1) is 0 Å². The Morgan fingerprint density at radius 3 is 2.73 bits per heavy atom. The lowest BCUT2D eigenvalue weighted by Gasteiger charge is -2.47. The molecule has 1 saturated heterocycles. The van der Waals surface area contributed by atoms with Gasteiger partial charge in [-0.05, 0) is 45.7 Å².